The molecule has 0 saturated heterocycles. The Kier molecular flexibility index (Phi) is 5.92. The summed E-state index contributed by atoms with van der Waals surface area (Å²) in [6.45, 7) is 12.3. The van der Waals surface area contributed by atoms with Gasteiger partial charge >= 0.3 is 5.97 Å². The quantitative estimate of drug-likeness (QED) is 0.580. The van der Waals surface area contributed by atoms with E-state index in [2.05, 4.69) is 20.0 Å². The first-order chi connectivity index (χ1) is 7.08. The van der Waals surface area contributed by atoms with E-state index in [1.54, 1.807) is 0 Å². The second-order valence-electron chi connectivity index (χ2n) is 5.96. The van der Waals surface area contributed by atoms with Crippen LogP contribution < -0.4 is 0 Å². The SMILES string of the molecule is CCC(C)(C)C(=O)OCC(O)C[P+](C)(C)C. The van der Waals surface area contributed by atoms with Crippen molar-refractivity contribution in [3.63, 3.8) is 0 Å². The fourth-order valence-corrected chi connectivity index (χ4v) is 2.57. The highest BCUT2D eigenvalue weighted by molar-refractivity contribution is 7.73. The maximum absolute atomic E-state index is 11.6. The maximum Gasteiger partial charge on any atom is 0.311 e. The highest BCUT2D eigenvalue weighted by atomic mass is 31.2. The molecule has 0 aromatic rings. The summed E-state index contributed by atoms with van der Waals surface area (Å²) in [6.07, 6.45) is 0.964. The van der Waals surface area contributed by atoms with Crippen molar-refractivity contribution in [2.45, 2.75) is 33.3 Å². The number of rotatable bonds is 6. The lowest BCUT2D eigenvalue weighted by Gasteiger charge is -2.22. The predicted octanol–water partition coefficient (Wildman–Crippen LogP) is 2.23. The number of hydrogen-bond donors (Lipinski definition) is 1. The molecule has 0 amide bonds. The molecule has 0 aliphatic rings. The standard InChI is InChI=1S/C12H26O3P/c1-7-12(2,3)11(14)15-8-10(13)9-16(4,5)6/h10,13H,7-9H2,1-6H3/q+1. The highest BCUT2D eigenvalue weighted by Crippen LogP contribution is 2.46. The van der Waals surface area contributed by atoms with Gasteiger partial charge in [-0.2, -0.15) is 0 Å². The molecule has 0 aromatic carbocycles. The Morgan fingerprint density at radius 1 is 1.38 bits per heavy atom. The molecule has 1 unspecified atom stereocenters. The summed E-state index contributed by atoms with van der Waals surface area (Å²) >= 11 is 0. The minimum absolute atomic E-state index is 0.125. The van der Waals surface area contributed by atoms with Gasteiger partial charge in [0.2, 0.25) is 0 Å². The van der Waals surface area contributed by atoms with E-state index in [4.69, 9.17) is 4.74 Å². The smallest absolute Gasteiger partial charge is 0.311 e. The summed E-state index contributed by atoms with van der Waals surface area (Å²) in [4.78, 5) is 11.6. The first-order valence-corrected chi connectivity index (χ1v) is 9.06. The van der Waals surface area contributed by atoms with Crippen LogP contribution in [-0.4, -0.2) is 49.9 Å². The Labute approximate surface area is 99.9 Å². The van der Waals surface area contributed by atoms with Gasteiger partial charge in [0, 0.05) is 27.3 Å². The van der Waals surface area contributed by atoms with Crippen molar-refractivity contribution in [2.24, 2.45) is 5.41 Å². The molecule has 0 rings (SSSR count). The number of carbonyl (C=O) groups excluding carboxylic acids is 1. The van der Waals surface area contributed by atoms with Crippen LogP contribution in [0.5, 0.6) is 0 Å². The van der Waals surface area contributed by atoms with E-state index in [9.17, 15) is 9.90 Å². The van der Waals surface area contributed by atoms with Crippen molar-refractivity contribution in [2.75, 3.05) is 32.8 Å². The molecule has 0 radical (unpaired) electrons. The molecule has 0 bridgehead atoms. The van der Waals surface area contributed by atoms with Crippen molar-refractivity contribution in [1.82, 2.24) is 0 Å². The summed E-state index contributed by atoms with van der Waals surface area (Å²) in [5.41, 5.74) is -0.448. The minimum atomic E-state index is -1.02. The molecular formula is C12H26O3P+. The van der Waals surface area contributed by atoms with Gasteiger partial charge in [0.25, 0.3) is 0 Å². The van der Waals surface area contributed by atoms with Gasteiger partial charge in [-0.3, -0.25) is 4.79 Å². The van der Waals surface area contributed by atoms with Crippen molar-refractivity contribution in [3.8, 4) is 0 Å². The summed E-state index contributed by atoms with van der Waals surface area (Å²) in [7, 11) is -1.02. The molecule has 0 fully saturated rings. The third kappa shape index (κ3) is 6.44. The molecule has 1 atom stereocenters. The molecule has 3 nitrogen and oxygen atoms in total. The zero-order valence-corrected chi connectivity index (χ0v) is 12.3. The minimum Gasteiger partial charge on any atom is -0.462 e. The fourth-order valence-electron chi connectivity index (χ4n) is 1.20. The Bertz CT molecular complexity index is 231. The first-order valence-electron chi connectivity index (χ1n) is 5.74. The van der Waals surface area contributed by atoms with E-state index in [0.29, 0.717) is 0 Å². The van der Waals surface area contributed by atoms with Crippen molar-refractivity contribution in [1.29, 1.82) is 0 Å². The third-order valence-corrected chi connectivity index (χ3v) is 4.12. The monoisotopic (exact) mass is 249 g/mol. The molecule has 0 spiro atoms. The van der Waals surface area contributed by atoms with Crippen LogP contribution in [0, 0.1) is 5.41 Å². The number of aliphatic hydroxyl groups is 1. The van der Waals surface area contributed by atoms with Crippen LogP contribution in [0.25, 0.3) is 0 Å². The second-order valence-corrected chi connectivity index (χ2v) is 10.9. The average Bonchev–Trinajstić information content (AvgIpc) is 2.11. The summed E-state index contributed by atoms with van der Waals surface area (Å²) in [5, 5.41) is 9.72. The fraction of sp³-hybridized carbons (Fsp3) is 0.917. The van der Waals surface area contributed by atoms with Crippen molar-refractivity contribution < 1.29 is 14.6 Å². The topological polar surface area (TPSA) is 46.5 Å². The maximum atomic E-state index is 11.6. The number of aliphatic hydroxyl groups excluding tert-OH is 1. The normalized spacial score (nSPS) is 14.7. The molecule has 0 aromatic heterocycles. The van der Waals surface area contributed by atoms with E-state index >= 15 is 0 Å². The molecule has 4 heteroatoms. The lowest BCUT2D eigenvalue weighted by molar-refractivity contribution is -0.156. The molecule has 0 aliphatic heterocycles. The van der Waals surface area contributed by atoms with Gasteiger partial charge < -0.3 is 9.84 Å². The summed E-state index contributed by atoms with van der Waals surface area (Å²) < 4.78 is 5.13. The van der Waals surface area contributed by atoms with Gasteiger partial charge in [0.05, 0.1) is 11.6 Å². The lowest BCUT2D eigenvalue weighted by atomic mass is 9.91. The Balaban J connectivity index is 4.02. The average molecular weight is 249 g/mol. The lowest BCUT2D eigenvalue weighted by Crippen LogP contribution is -2.30. The van der Waals surface area contributed by atoms with Crippen molar-refractivity contribution in [3.05, 3.63) is 0 Å². The van der Waals surface area contributed by atoms with Crippen LogP contribution in [0.3, 0.4) is 0 Å². The van der Waals surface area contributed by atoms with Gasteiger partial charge in [0.15, 0.2) is 0 Å². The van der Waals surface area contributed by atoms with Gasteiger partial charge in [0.1, 0.15) is 12.7 Å². The molecule has 16 heavy (non-hydrogen) atoms. The first kappa shape index (κ1) is 15.9. The summed E-state index contributed by atoms with van der Waals surface area (Å²) in [5.74, 6) is -0.221. The van der Waals surface area contributed by atoms with Gasteiger partial charge in [-0.05, 0) is 20.3 Å². The summed E-state index contributed by atoms with van der Waals surface area (Å²) in [6, 6.07) is 0. The molecular weight excluding hydrogens is 223 g/mol. The third-order valence-electron chi connectivity index (χ3n) is 2.60. The molecule has 96 valence electrons. The van der Waals surface area contributed by atoms with E-state index in [1.165, 1.54) is 0 Å². The number of ether oxygens (including phenoxy) is 1. The predicted molar refractivity (Wildman–Crippen MR) is 70.6 cm³/mol. The van der Waals surface area contributed by atoms with Gasteiger partial charge in [-0.15, -0.1) is 0 Å². The van der Waals surface area contributed by atoms with Crippen LogP contribution in [0.2, 0.25) is 0 Å². The highest BCUT2D eigenvalue weighted by Gasteiger charge is 2.29. The van der Waals surface area contributed by atoms with Crippen LogP contribution >= 0.6 is 7.26 Å². The molecule has 0 saturated carbocycles. The van der Waals surface area contributed by atoms with Crippen LogP contribution in [0.1, 0.15) is 27.2 Å². The van der Waals surface area contributed by atoms with Crippen LogP contribution in [0.4, 0.5) is 0 Å². The largest absolute Gasteiger partial charge is 0.462 e. The zero-order valence-electron chi connectivity index (χ0n) is 11.4. The number of hydrogen-bond acceptors (Lipinski definition) is 3. The van der Waals surface area contributed by atoms with Gasteiger partial charge in [-0.1, -0.05) is 6.92 Å². The van der Waals surface area contributed by atoms with Crippen LogP contribution in [0.15, 0.2) is 0 Å². The molecule has 0 aliphatic carbocycles. The zero-order chi connectivity index (χ0) is 13.0. The van der Waals surface area contributed by atoms with E-state index in [0.717, 1.165) is 12.6 Å². The van der Waals surface area contributed by atoms with E-state index < -0.39 is 18.8 Å². The Morgan fingerprint density at radius 3 is 2.25 bits per heavy atom. The van der Waals surface area contributed by atoms with E-state index in [-0.39, 0.29) is 12.6 Å². The van der Waals surface area contributed by atoms with Crippen molar-refractivity contribution >= 4 is 13.2 Å². The molecule has 0 heterocycles. The second kappa shape index (κ2) is 5.97. The molecule has 1 N–H and O–H groups in total. The Morgan fingerprint density at radius 2 is 1.88 bits per heavy atom. The van der Waals surface area contributed by atoms with Crippen LogP contribution in [-0.2, 0) is 9.53 Å². The number of esters is 1. The number of carbonyl (C=O) groups is 1. The van der Waals surface area contributed by atoms with E-state index in [1.807, 2.05) is 20.8 Å². The van der Waals surface area contributed by atoms with Gasteiger partial charge in [-0.25, -0.2) is 0 Å². The Hall–Kier alpha value is -0.140.